The number of carbonyl (C=O) groups excluding carboxylic acids is 2. The number of carbonyl (C=O) groups is 2. The van der Waals surface area contributed by atoms with Gasteiger partial charge in [0.1, 0.15) is 23.4 Å². The third kappa shape index (κ3) is 5.14. The Morgan fingerprint density at radius 1 is 1.17 bits per heavy atom. The number of fused-ring (bicyclic) bond motifs is 1. The molecule has 0 bridgehead atoms. The molecule has 0 radical (unpaired) electrons. The number of hydrogen-bond donors (Lipinski definition) is 2. The molecule has 1 unspecified atom stereocenters. The quantitative estimate of drug-likeness (QED) is 0.291. The van der Waals surface area contributed by atoms with Gasteiger partial charge in [-0.2, -0.15) is 0 Å². The summed E-state index contributed by atoms with van der Waals surface area (Å²) in [5.74, 6) is 1.23. The third-order valence-electron chi connectivity index (χ3n) is 8.71. The van der Waals surface area contributed by atoms with Gasteiger partial charge in [-0.3, -0.25) is 4.79 Å². The average Bonchev–Trinajstić information content (AvgIpc) is 3.25. The second-order valence-corrected chi connectivity index (χ2v) is 13.5. The first-order valence-corrected chi connectivity index (χ1v) is 14.6. The number of anilines is 1. The van der Waals surface area contributed by atoms with Gasteiger partial charge in [-0.15, -0.1) is 10.2 Å². The Hall–Kier alpha value is -4.21. The Morgan fingerprint density at radius 2 is 1.93 bits per heavy atom. The van der Waals surface area contributed by atoms with Crippen LogP contribution in [0.25, 0.3) is 5.65 Å². The SMILES string of the molecule is CC1CC(c2cccc(NC(=O)c3cc(C(NC(=O)OC4(C)CC4)C(C)(C)C)cn4ccnc34)c2)(c2nncn2C)C1. The number of hydrogen-bond acceptors (Lipinski definition) is 6. The summed E-state index contributed by atoms with van der Waals surface area (Å²) in [4.78, 5) is 31.1. The maximum absolute atomic E-state index is 13.8. The highest BCUT2D eigenvalue weighted by Crippen LogP contribution is 2.51. The zero-order chi connectivity index (χ0) is 29.9. The molecular weight excluding hydrogens is 530 g/mol. The lowest BCUT2D eigenvalue weighted by Crippen LogP contribution is -2.43. The summed E-state index contributed by atoms with van der Waals surface area (Å²) < 4.78 is 9.47. The van der Waals surface area contributed by atoms with Gasteiger partial charge in [0, 0.05) is 31.3 Å². The molecular formula is C32H39N7O3. The smallest absolute Gasteiger partial charge is 0.408 e. The minimum absolute atomic E-state index is 0.237. The maximum atomic E-state index is 13.8. The number of ether oxygens (including phenoxy) is 1. The topological polar surface area (TPSA) is 115 Å². The summed E-state index contributed by atoms with van der Waals surface area (Å²) in [5, 5.41) is 14.8. The highest BCUT2D eigenvalue weighted by molar-refractivity contribution is 6.08. The van der Waals surface area contributed by atoms with Gasteiger partial charge in [-0.25, -0.2) is 9.78 Å². The lowest BCUT2D eigenvalue weighted by Gasteiger charge is -2.46. The molecule has 0 spiro atoms. The van der Waals surface area contributed by atoms with Gasteiger partial charge in [0.2, 0.25) is 0 Å². The number of alkyl carbamates (subject to hydrolysis) is 1. The van der Waals surface area contributed by atoms with E-state index < -0.39 is 12.1 Å². The van der Waals surface area contributed by atoms with Crippen LogP contribution in [0.5, 0.6) is 0 Å². The van der Waals surface area contributed by atoms with Crippen LogP contribution in [-0.4, -0.2) is 41.8 Å². The maximum Gasteiger partial charge on any atom is 0.408 e. The predicted octanol–water partition coefficient (Wildman–Crippen LogP) is 5.80. The highest BCUT2D eigenvalue weighted by atomic mass is 16.6. The monoisotopic (exact) mass is 569 g/mol. The van der Waals surface area contributed by atoms with Crippen LogP contribution >= 0.6 is 0 Å². The molecule has 2 fully saturated rings. The molecule has 0 aliphatic heterocycles. The number of nitrogens with one attached hydrogen (secondary N) is 2. The minimum Gasteiger partial charge on any atom is -0.443 e. The number of aryl methyl sites for hydroxylation is 1. The average molecular weight is 570 g/mol. The van der Waals surface area contributed by atoms with Crippen LogP contribution in [0.3, 0.4) is 0 Å². The van der Waals surface area contributed by atoms with Crippen molar-refractivity contribution in [3.63, 3.8) is 0 Å². The predicted molar refractivity (Wildman–Crippen MR) is 159 cm³/mol. The fraction of sp³-hybridized carbons (Fsp3) is 0.469. The van der Waals surface area contributed by atoms with Crippen LogP contribution in [0.15, 0.2) is 55.2 Å². The Morgan fingerprint density at radius 3 is 2.57 bits per heavy atom. The van der Waals surface area contributed by atoms with Gasteiger partial charge in [-0.05, 0) is 73.3 Å². The van der Waals surface area contributed by atoms with Crippen molar-refractivity contribution in [3.05, 3.63) is 77.8 Å². The molecule has 2 amide bonds. The molecule has 10 nitrogen and oxygen atoms in total. The number of aromatic nitrogens is 5. The molecule has 2 aliphatic rings. The van der Waals surface area contributed by atoms with E-state index in [1.54, 1.807) is 12.5 Å². The molecule has 2 N–H and O–H groups in total. The van der Waals surface area contributed by atoms with E-state index in [9.17, 15) is 9.59 Å². The van der Waals surface area contributed by atoms with E-state index in [2.05, 4.69) is 38.8 Å². The van der Waals surface area contributed by atoms with Crippen LogP contribution in [0.4, 0.5) is 10.5 Å². The van der Waals surface area contributed by atoms with Gasteiger partial charge < -0.3 is 24.3 Å². The summed E-state index contributed by atoms with van der Waals surface area (Å²) in [6.07, 6.45) is 10.3. The van der Waals surface area contributed by atoms with E-state index >= 15 is 0 Å². The fourth-order valence-electron chi connectivity index (χ4n) is 6.32. The first-order chi connectivity index (χ1) is 19.9. The summed E-state index contributed by atoms with van der Waals surface area (Å²) in [6, 6.07) is 9.43. The number of nitrogens with zero attached hydrogens (tertiary/aromatic N) is 5. The van der Waals surface area contributed by atoms with Crippen molar-refractivity contribution in [1.82, 2.24) is 29.5 Å². The number of rotatable bonds is 7. The number of benzene rings is 1. The van der Waals surface area contributed by atoms with Gasteiger partial charge >= 0.3 is 6.09 Å². The molecule has 2 aliphatic carbocycles. The first-order valence-electron chi connectivity index (χ1n) is 14.6. The molecule has 1 aromatic carbocycles. The van der Waals surface area contributed by atoms with Gasteiger partial charge in [0.05, 0.1) is 17.0 Å². The molecule has 0 saturated heterocycles. The molecule has 3 heterocycles. The van der Waals surface area contributed by atoms with Crippen molar-refractivity contribution in [2.24, 2.45) is 18.4 Å². The molecule has 6 rings (SSSR count). The van der Waals surface area contributed by atoms with Crippen LogP contribution in [-0.2, 0) is 17.2 Å². The van der Waals surface area contributed by atoms with Gasteiger partial charge in [0.25, 0.3) is 5.91 Å². The Balaban J connectivity index is 1.30. The highest BCUT2D eigenvalue weighted by Gasteiger charge is 2.48. The van der Waals surface area contributed by atoms with E-state index in [0.717, 1.165) is 42.6 Å². The summed E-state index contributed by atoms with van der Waals surface area (Å²) in [5.41, 5.74) is 2.57. The molecule has 4 aromatic rings. The molecule has 3 aromatic heterocycles. The van der Waals surface area contributed by atoms with Crippen LogP contribution in [0.2, 0.25) is 0 Å². The van der Waals surface area contributed by atoms with E-state index in [1.807, 2.05) is 80.4 Å². The Bertz CT molecular complexity index is 1650. The number of pyridine rings is 1. The molecule has 10 heteroatoms. The molecule has 2 saturated carbocycles. The molecule has 220 valence electrons. The zero-order valence-electron chi connectivity index (χ0n) is 25.1. The largest absolute Gasteiger partial charge is 0.443 e. The Labute approximate surface area is 245 Å². The lowest BCUT2D eigenvalue weighted by molar-refractivity contribution is 0.0840. The summed E-state index contributed by atoms with van der Waals surface area (Å²) >= 11 is 0. The second kappa shape index (κ2) is 9.96. The van der Waals surface area contributed by atoms with Crippen LogP contribution in [0.1, 0.15) is 93.7 Å². The van der Waals surface area contributed by atoms with Gasteiger partial charge in [0.15, 0.2) is 0 Å². The van der Waals surface area contributed by atoms with Crippen molar-refractivity contribution in [1.29, 1.82) is 0 Å². The summed E-state index contributed by atoms with van der Waals surface area (Å²) in [6.45, 7) is 10.3. The Kier molecular flexibility index (Phi) is 6.62. The van der Waals surface area contributed by atoms with Crippen LogP contribution in [0, 0.1) is 11.3 Å². The summed E-state index contributed by atoms with van der Waals surface area (Å²) in [7, 11) is 1.97. The van der Waals surface area contributed by atoms with E-state index in [4.69, 9.17) is 4.74 Å². The standard InChI is InChI=1S/C32H39N7O3/c1-20-16-32(17-20,28-37-34-19-38(28)6)22-8-7-9-23(15-22)35-27(40)24-14-21(18-39-13-12-33-26(24)39)25(30(2,3)4)36-29(41)42-31(5)10-11-31/h7-9,12-15,18-20,25H,10-11,16-17H2,1-6H3,(H,35,40)(H,36,41). The van der Waals surface area contributed by atoms with Crippen molar-refractivity contribution in [2.75, 3.05) is 5.32 Å². The normalized spacial score (nSPS) is 21.8. The van der Waals surface area contributed by atoms with E-state index in [0.29, 0.717) is 22.8 Å². The molecule has 42 heavy (non-hydrogen) atoms. The van der Waals surface area contributed by atoms with E-state index in [1.165, 1.54) is 0 Å². The first kappa shape index (κ1) is 27.9. The fourth-order valence-corrected chi connectivity index (χ4v) is 6.32. The lowest BCUT2D eigenvalue weighted by atomic mass is 9.58. The van der Waals surface area contributed by atoms with Crippen molar-refractivity contribution in [3.8, 4) is 0 Å². The minimum atomic E-state index is -0.453. The molecule has 1 atom stereocenters. The van der Waals surface area contributed by atoms with E-state index in [-0.39, 0.29) is 22.3 Å². The second-order valence-electron chi connectivity index (χ2n) is 13.5. The van der Waals surface area contributed by atoms with Crippen molar-refractivity contribution in [2.45, 2.75) is 77.4 Å². The number of imidazole rings is 1. The zero-order valence-corrected chi connectivity index (χ0v) is 25.1. The van der Waals surface area contributed by atoms with Crippen molar-refractivity contribution >= 4 is 23.3 Å². The third-order valence-corrected chi connectivity index (χ3v) is 8.71. The van der Waals surface area contributed by atoms with Crippen LogP contribution < -0.4 is 10.6 Å². The van der Waals surface area contributed by atoms with Crippen molar-refractivity contribution < 1.29 is 14.3 Å². The number of amides is 2. The van der Waals surface area contributed by atoms with Gasteiger partial charge in [-0.1, -0.05) is 39.8 Å².